The number of aliphatic hydroxyl groups excluding tert-OH is 1. The number of amides is 4. The van der Waals surface area contributed by atoms with E-state index in [1.165, 1.54) is 7.05 Å². The van der Waals surface area contributed by atoms with Gasteiger partial charge in [0.2, 0.25) is 24.1 Å². The molecule has 0 aromatic heterocycles. The molecule has 0 fully saturated rings. The first kappa shape index (κ1) is 32.2. The van der Waals surface area contributed by atoms with E-state index in [0.29, 0.717) is 25.0 Å². The van der Waals surface area contributed by atoms with Gasteiger partial charge in [0.1, 0.15) is 12.1 Å². The minimum atomic E-state index is -0.973. The van der Waals surface area contributed by atoms with Crippen LogP contribution in [0.15, 0.2) is 0 Å². The average Bonchev–Trinajstić information content (AvgIpc) is 2.76. The summed E-state index contributed by atoms with van der Waals surface area (Å²) in [5.74, 6) is -0.764. The lowest BCUT2D eigenvalue weighted by molar-refractivity contribution is -0.133. The van der Waals surface area contributed by atoms with Crippen LogP contribution in [0.4, 0.5) is 0 Å². The van der Waals surface area contributed by atoms with Gasteiger partial charge in [-0.05, 0) is 49.0 Å². The third-order valence-corrected chi connectivity index (χ3v) is 6.49. The predicted molar refractivity (Wildman–Crippen MR) is 137 cm³/mol. The minimum Gasteiger partial charge on any atom is -0.391 e. The second kappa shape index (κ2) is 16.8. The number of rotatable bonds is 17. The molecule has 1 unspecified atom stereocenters. The van der Waals surface area contributed by atoms with Crippen molar-refractivity contribution in [2.75, 3.05) is 19.1 Å². The van der Waals surface area contributed by atoms with Crippen LogP contribution in [0, 0.1) is 23.7 Å². The van der Waals surface area contributed by atoms with Crippen LogP contribution in [0.1, 0.15) is 60.8 Å². The number of thioether (sulfide) groups is 1. The monoisotopic (exact) mass is 502 g/mol. The highest BCUT2D eigenvalue weighted by Gasteiger charge is 2.33. The van der Waals surface area contributed by atoms with Gasteiger partial charge in [-0.15, -0.1) is 0 Å². The molecular weight excluding hydrogens is 456 g/mol. The Bertz CT molecular complexity index is 645. The fourth-order valence-corrected chi connectivity index (χ4v) is 4.24. The van der Waals surface area contributed by atoms with Gasteiger partial charge >= 0.3 is 0 Å². The molecular formula is C24H46N4O5S. The molecule has 0 aliphatic rings. The molecule has 9 nitrogen and oxygen atoms in total. The van der Waals surface area contributed by atoms with Crippen LogP contribution in [0.3, 0.4) is 0 Å². The Morgan fingerprint density at radius 3 is 1.97 bits per heavy atom. The topological polar surface area (TPSA) is 137 Å². The lowest BCUT2D eigenvalue weighted by atomic mass is 9.85. The Hall–Kier alpha value is -1.81. The molecule has 0 aromatic rings. The lowest BCUT2D eigenvalue weighted by Crippen LogP contribution is -2.54. The third kappa shape index (κ3) is 11.6. The first-order valence-corrected chi connectivity index (χ1v) is 13.5. The van der Waals surface area contributed by atoms with Crippen molar-refractivity contribution < 1.29 is 24.3 Å². The van der Waals surface area contributed by atoms with Crippen molar-refractivity contribution in [2.45, 2.75) is 85.0 Å². The van der Waals surface area contributed by atoms with E-state index in [1.54, 1.807) is 11.8 Å². The molecule has 0 heterocycles. The molecule has 198 valence electrons. The number of likely N-dealkylation sites (N-methyl/N-ethyl adjacent to an activating group) is 1. The highest BCUT2D eigenvalue weighted by molar-refractivity contribution is 7.98. The first-order valence-electron chi connectivity index (χ1n) is 12.1. The number of carbonyl (C=O) groups excluding carboxylic acids is 4. The van der Waals surface area contributed by atoms with Crippen molar-refractivity contribution in [1.29, 1.82) is 0 Å². The zero-order chi connectivity index (χ0) is 26.4. The molecule has 0 bridgehead atoms. The van der Waals surface area contributed by atoms with Crippen molar-refractivity contribution >= 4 is 35.9 Å². The Morgan fingerprint density at radius 2 is 1.53 bits per heavy atom. The first-order chi connectivity index (χ1) is 15.9. The van der Waals surface area contributed by atoms with Crippen molar-refractivity contribution in [3.63, 3.8) is 0 Å². The maximum Gasteiger partial charge on any atom is 0.242 e. The number of aliphatic hydroxyl groups is 1. The Kier molecular flexibility index (Phi) is 15.9. The minimum absolute atomic E-state index is 0.0893. The summed E-state index contributed by atoms with van der Waals surface area (Å²) in [4.78, 5) is 49.1. The molecule has 0 saturated heterocycles. The number of hydrogen-bond donors (Lipinski definition) is 5. The summed E-state index contributed by atoms with van der Waals surface area (Å²) in [6.07, 6.45) is 2.59. The van der Waals surface area contributed by atoms with E-state index >= 15 is 0 Å². The summed E-state index contributed by atoms with van der Waals surface area (Å²) >= 11 is 1.58. The van der Waals surface area contributed by atoms with Crippen LogP contribution in [-0.4, -0.2) is 72.5 Å². The number of hydrogen-bond acceptors (Lipinski definition) is 6. The van der Waals surface area contributed by atoms with Gasteiger partial charge in [0.15, 0.2) is 0 Å². The third-order valence-electron chi connectivity index (χ3n) is 5.84. The van der Waals surface area contributed by atoms with Crippen molar-refractivity contribution in [3.8, 4) is 0 Å². The number of carbonyl (C=O) groups is 4. The van der Waals surface area contributed by atoms with Gasteiger partial charge in [0.25, 0.3) is 0 Å². The molecule has 0 saturated carbocycles. The highest BCUT2D eigenvalue weighted by atomic mass is 32.2. The molecule has 10 heteroatoms. The summed E-state index contributed by atoms with van der Waals surface area (Å²) < 4.78 is 0. The Balaban J connectivity index is 5.54. The van der Waals surface area contributed by atoms with E-state index in [1.807, 2.05) is 47.8 Å². The van der Waals surface area contributed by atoms with Gasteiger partial charge in [0, 0.05) is 13.0 Å². The Labute approximate surface area is 209 Å². The van der Waals surface area contributed by atoms with Gasteiger partial charge < -0.3 is 26.4 Å². The van der Waals surface area contributed by atoms with Crippen molar-refractivity contribution in [3.05, 3.63) is 0 Å². The SMILES string of the molecule is CNC(=O)[C@@H](NC(=O)C(C[C@H](O)[C@H](CC(C)C)NC(=O)[C@H](CCSC)NC=O)C(C)C)C(C)C. The molecule has 0 aliphatic heterocycles. The molecule has 4 amide bonds. The second-order valence-electron chi connectivity index (χ2n) is 9.86. The summed E-state index contributed by atoms with van der Waals surface area (Å²) in [6, 6.07) is -1.93. The van der Waals surface area contributed by atoms with Gasteiger partial charge in [-0.3, -0.25) is 19.2 Å². The number of nitrogens with one attached hydrogen (secondary N) is 4. The molecule has 5 atom stereocenters. The van der Waals surface area contributed by atoms with Crippen LogP contribution in [-0.2, 0) is 19.2 Å². The fourth-order valence-electron chi connectivity index (χ4n) is 3.77. The normalized spacial score (nSPS) is 15.9. The molecule has 5 N–H and O–H groups in total. The highest BCUT2D eigenvalue weighted by Crippen LogP contribution is 2.22. The van der Waals surface area contributed by atoms with E-state index in [4.69, 9.17) is 0 Å². The van der Waals surface area contributed by atoms with Gasteiger partial charge in [-0.2, -0.15) is 11.8 Å². The summed E-state index contributed by atoms with van der Waals surface area (Å²) in [6.45, 7) is 11.5. The average molecular weight is 503 g/mol. The summed E-state index contributed by atoms with van der Waals surface area (Å²) in [7, 11) is 1.53. The van der Waals surface area contributed by atoms with Crippen molar-refractivity contribution in [2.24, 2.45) is 23.7 Å². The molecule has 0 spiro atoms. The zero-order valence-corrected chi connectivity index (χ0v) is 22.8. The second-order valence-corrected chi connectivity index (χ2v) is 10.8. The fraction of sp³-hybridized carbons (Fsp3) is 0.833. The van der Waals surface area contributed by atoms with Crippen molar-refractivity contribution in [1.82, 2.24) is 21.3 Å². The Morgan fingerprint density at radius 1 is 0.912 bits per heavy atom. The van der Waals surface area contributed by atoms with Gasteiger partial charge in [0.05, 0.1) is 12.1 Å². The smallest absolute Gasteiger partial charge is 0.242 e. The van der Waals surface area contributed by atoms with Gasteiger partial charge in [-0.1, -0.05) is 41.5 Å². The van der Waals surface area contributed by atoms with Crippen LogP contribution in [0.25, 0.3) is 0 Å². The van der Waals surface area contributed by atoms with Crippen LogP contribution in [0.2, 0.25) is 0 Å². The van der Waals surface area contributed by atoms with E-state index in [-0.39, 0.29) is 41.9 Å². The van der Waals surface area contributed by atoms with E-state index < -0.39 is 30.1 Å². The molecule has 34 heavy (non-hydrogen) atoms. The van der Waals surface area contributed by atoms with E-state index in [2.05, 4.69) is 21.3 Å². The quantitative estimate of drug-likeness (QED) is 0.190. The van der Waals surface area contributed by atoms with Crippen LogP contribution < -0.4 is 21.3 Å². The van der Waals surface area contributed by atoms with E-state index in [0.717, 1.165) is 0 Å². The molecule has 0 rings (SSSR count). The van der Waals surface area contributed by atoms with Crippen LogP contribution >= 0.6 is 11.8 Å². The maximum absolute atomic E-state index is 13.1. The summed E-state index contributed by atoms with van der Waals surface area (Å²) in [5.41, 5.74) is 0. The molecule has 0 radical (unpaired) electrons. The summed E-state index contributed by atoms with van der Waals surface area (Å²) in [5, 5.41) is 21.9. The molecule has 0 aromatic carbocycles. The standard InChI is InChI=1S/C24H46N4O5S/c1-14(2)11-19(27-23(32)18(26-13-29)9-10-34-8)20(30)12-17(15(3)4)22(31)28-21(16(5)6)24(33)25-7/h13-21,30H,9-12H2,1-8H3,(H,25,33)(H,26,29)(H,27,32)(H,28,31)/t17?,18-,19-,20-,21-/m0/s1. The zero-order valence-electron chi connectivity index (χ0n) is 22.0. The lowest BCUT2D eigenvalue weighted by Gasteiger charge is -2.32. The van der Waals surface area contributed by atoms with Gasteiger partial charge in [-0.25, -0.2) is 0 Å². The van der Waals surface area contributed by atoms with E-state index in [9.17, 15) is 24.3 Å². The molecule has 0 aliphatic carbocycles. The maximum atomic E-state index is 13.1. The van der Waals surface area contributed by atoms with Crippen LogP contribution in [0.5, 0.6) is 0 Å². The largest absolute Gasteiger partial charge is 0.391 e. The predicted octanol–water partition coefficient (Wildman–Crippen LogP) is 1.30.